The summed E-state index contributed by atoms with van der Waals surface area (Å²) in [6.07, 6.45) is 4.97. The van der Waals surface area contributed by atoms with Crippen LogP contribution >= 0.6 is 0 Å². The first-order valence-electron chi connectivity index (χ1n) is 12.7. The smallest absolute Gasteiger partial charge is 0.228 e. The van der Waals surface area contributed by atoms with Crippen molar-refractivity contribution in [1.82, 2.24) is 19.9 Å². The summed E-state index contributed by atoms with van der Waals surface area (Å²) in [5, 5.41) is 16.4. The topological polar surface area (TPSA) is 110 Å². The molecule has 36 heavy (non-hydrogen) atoms. The van der Waals surface area contributed by atoms with Gasteiger partial charge in [0.2, 0.25) is 11.9 Å². The molecule has 3 N–H and O–H groups in total. The number of hydrogen-bond acceptors (Lipinski definition) is 8. The van der Waals surface area contributed by atoms with Crippen molar-refractivity contribution in [3.63, 3.8) is 0 Å². The number of hydrogen-bond donors (Lipinski definition) is 3. The second-order valence-corrected chi connectivity index (χ2v) is 9.29. The number of amides is 1. The van der Waals surface area contributed by atoms with Gasteiger partial charge < -0.3 is 25.8 Å². The molecule has 1 fully saturated rings. The Kier molecular flexibility index (Phi) is 7.97. The van der Waals surface area contributed by atoms with E-state index in [0.29, 0.717) is 43.6 Å². The van der Waals surface area contributed by atoms with Crippen LogP contribution in [-0.2, 0) is 4.79 Å². The molecule has 190 valence electrons. The number of anilines is 3. The summed E-state index contributed by atoms with van der Waals surface area (Å²) >= 11 is 0. The highest BCUT2D eigenvalue weighted by molar-refractivity contribution is 5.89. The monoisotopic (exact) mass is 488 g/mol. The number of piperazine rings is 1. The number of aromatic nitrogens is 3. The van der Waals surface area contributed by atoms with E-state index in [2.05, 4.69) is 53.4 Å². The molecule has 1 saturated heterocycles. The highest BCUT2D eigenvalue weighted by atomic mass is 16.2. The third-order valence-electron chi connectivity index (χ3n) is 6.81. The molecule has 2 atom stereocenters. The zero-order valence-corrected chi connectivity index (χ0v) is 21.6. The lowest BCUT2D eigenvalue weighted by atomic mass is 10.0. The minimum atomic E-state index is -0.0181. The molecule has 2 aromatic heterocycles. The average Bonchev–Trinajstić information content (AvgIpc) is 2.91. The molecule has 0 spiro atoms. The minimum Gasteiger partial charge on any atom is -0.378 e. The molecule has 1 amide bonds. The van der Waals surface area contributed by atoms with Gasteiger partial charge >= 0.3 is 0 Å². The number of nitrogens with one attached hydrogen (secondary N) is 3. The predicted octanol–water partition coefficient (Wildman–Crippen LogP) is 4.46. The van der Waals surface area contributed by atoms with E-state index in [9.17, 15) is 4.79 Å². The lowest BCUT2D eigenvalue weighted by Crippen LogP contribution is -2.48. The molecule has 1 aliphatic rings. The van der Waals surface area contributed by atoms with E-state index in [1.807, 2.05) is 29.3 Å². The molecule has 9 heteroatoms. The largest absolute Gasteiger partial charge is 0.378 e. The van der Waals surface area contributed by atoms with Gasteiger partial charge in [-0.2, -0.15) is 4.98 Å². The molecular weight excluding hydrogens is 452 g/mol. The van der Waals surface area contributed by atoms with Gasteiger partial charge in [0.15, 0.2) is 5.82 Å². The Labute approximate surface area is 212 Å². The van der Waals surface area contributed by atoms with Crippen LogP contribution in [0.1, 0.15) is 57.8 Å². The molecule has 0 aliphatic carbocycles. The fourth-order valence-electron chi connectivity index (χ4n) is 4.39. The summed E-state index contributed by atoms with van der Waals surface area (Å²) in [5.41, 5.74) is 3.33. The second kappa shape index (κ2) is 11.3. The van der Waals surface area contributed by atoms with Crippen molar-refractivity contribution in [3.8, 4) is 0 Å². The van der Waals surface area contributed by atoms with Gasteiger partial charge in [-0.25, -0.2) is 4.98 Å². The van der Waals surface area contributed by atoms with E-state index in [-0.39, 0.29) is 18.0 Å². The standard InChI is InChI=1S/C27H36N8O/c1-5-18(3)30-25-24(16-28)32-27(35-13-11-34(12-14-35)19(4)36)33-26(25)31-22(6-2)21-15-20-9-7-8-10-23(20)29-17-21/h7-10,15-18,22,28,30H,5-6,11-14H2,1-4H3,(H,31,32,33)/t18?,22-/m1/s1. The third-order valence-corrected chi connectivity index (χ3v) is 6.81. The number of pyridine rings is 1. The van der Waals surface area contributed by atoms with Crippen molar-refractivity contribution >= 4 is 40.5 Å². The quantitative estimate of drug-likeness (QED) is 0.381. The van der Waals surface area contributed by atoms with Gasteiger partial charge in [-0.3, -0.25) is 9.78 Å². The first kappa shape index (κ1) is 25.3. The van der Waals surface area contributed by atoms with Gasteiger partial charge in [0, 0.05) is 56.9 Å². The Morgan fingerprint density at radius 2 is 1.86 bits per heavy atom. The SMILES string of the molecule is CCC(C)Nc1c(C=N)nc(N2CCN(C(C)=O)CC2)nc1N[C@H](CC)c1cnc2ccccc2c1. The molecule has 9 nitrogen and oxygen atoms in total. The van der Waals surface area contributed by atoms with Gasteiger partial charge in [0.25, 0.3) is 0 Å². The van der Waals surface area contributed by atoms with E-state index < -0.39 is 0 Å². The van der Waals surface area contributed by atoms with Crippen LogP contribution in [0.2, 0.25) is 0 Å². The molecule has 0 bridgehead atoms. The molecule has 4 rings (SSSR count). The molecule has 1 aliphatic heterocycles. The molecule has 3 aromatic rings. The molecule has 0 saturated carbocycles. The molecule has 0 radical (unpaired) electrons. The van der Waals surface area contributed by atoms with Crippen LogP contribution < -0.4 is 15.5 Å². The highest BCUT2D eigenvalue weighted by Gasteiger charge is 2.24. The van der Waals surface area contributed by atoms with Crippen molar-refractivity contribution < 1.29 is 4.79 Å². The van der Waals surface area contributed by atoms with E-state index in [1.165, 1.54) is 6.21 Å². The van der Waals surface area contributed by atoms with Crippen molar-refractivity contribution in [3.05, 3.63) is 47.8 Å². The first-order chi connectivity index (χ1) is 17.4. The highest BCUT2D eigenvalue weighted by Crippen LogP contribution is 2.32. The number of carbonyl (C=O) groups is 1. The number of carbonyl (C=O) groups excluding carboxylic acids is 1. The zero-order chi connectivity index (χ0) is 25.7. The number of para-hydroxylation sites is 1. The fourth-order valence-corrected chi connectivity index (χ4v) is 4.39. The zero-order valence-electron chi connectivity index (χ0n) is 21.6. The summed E-state index contributed by atoms with van der Waals surface area (Å²) in [5.74, 6) is 1.33. The molecule has 3 heterocycles. The van der Waals surface area contributed by atoms with Crippen LogP contribution in [0, 0.1) is 5.41 Å². The van der Waals surface area contributed by atoms with Gasteiger partial charge in [-0.05, 0) is 37.5 Å². The van der Waals surface area contributed by atoms with Crippen LogP contribution in [0.15, 0.2) is 36.5 Å². The van der Waals surface area contributed by atoms with Crippen LogP contribution in [0.25, 0.3) is 10.9 Å². The lowest BCUT2D eigenvalue weighted by molar-refractivity contribution is -0.129. The summed E-state index contributed by atoms with van der Waals surface area (Å²) in [6, 6.07) is 10.5. The minimum absolute atomic E-state index is 0.0181. The van der Waals surface area contributed by atoms with Gasteiger partial charge in [0.1, 0.15) is 11.4 Å². The van der Waals surface area contributed by atoms with Crippen LogP contribution in [-0.4, -0.2) is 64.2 Å². The predicted molar refractivity (Wildman–Crippen MR) is 146 cm³/mol. The lowest BCUT2D eigenvalue weighted by Gasteiger charge is -2.34. The van der Waals surface area contributed by atoms with Crippen molar-refractivity contribution in [1.29, 1.82) is 5.41 Å². The number of rotatable bonds is 9. The maximum atomic E-state index is 11.8. The Hall–Kier alpha value is -3.75. The number of benzene rings is 1. The van der Waals surface area contributed by atoms with Gasteiger partial charge in [-0.15, -0.1) is 0 Å². The Balaban J connectivity index is 1.70. The van der Waals surface area contributed by atoms with Crippen molar-refractivity contribution in [2.24, 2.45) is 0 Å². The molecular formula is C27H36N8O. The van der Waals surface area contributed by atoms with Crippen molar-refractivity contribution in [2.45, 2.75) is 52.6 Å². The maximum Gasteiger partial charge on any atom is 0.228 e. The van der Waals surface area contributed by atoms with E-state index >= 15 is 0 Å². The first-order valence-corrected chi connectivity index (χ1v) is 12.7. The van der Waals surface area contributed by atoms with E-state index in [1.54, 1.807) is 6.92 Å². The summed E-state index contributed by atoms with van der Waals surface area (Å²) in [4.78, 5) is 30.0. The molecule has 1 aromatic carbocycles. The number of fused-ring (bicyclic) bond motifs is 1. The maximum absolute atomic E-state index is 11.8. The van der Waals surface area contributed by atoms with Crippen LogP contribution in [0.5, 0.6) is 0 Å². The van der Waals surface area contributed by atoms with Gasteiger partial charge in [-0.1, -0.05) is 32.0 Å². The second-order valence-electron chi connectivity index (χ2n) is 9.29. The fraction of sp³-hybridized carbons (Fsp3) is 0.444. The normalized spacial score (nSPS) is 15.4. The Bertz CT molecular complexity index is 1220. The third kappa shape index (κ3) is 5.56. The van der Waals surface area contributed by atoms with Gasteiger partial charge in [0.05, 0.1) is 11.6 Å². The van der Waals surface area contributed by atoms with E-state index in [0.717, 1.165) is 35.0 Å². The molecule has 1 unspecified atom stereocenters. The summed E-state index contributed by atoms with van der Waals surface area (Å²) < 4.78 is 0. The average molecular weight is 489 g/mol. The van der Waals surface area contributed by atoms with Crippen LogP contribution in [0.4, 0.5) is 17.5 Å². The number of nitrogens with zero attached hydrogens (tertiary/aromatic N) is 5. The van der Waals surface area contributed by atoms with Crippen LogP contribution in [0.3, 0.4) is 0 Å². The summed E-state index contributed by atoms with van der Waals surface area (Å²) in [6.45, 7) is 10.5. The summed E-state index contributed by atoms with van der Waals surface area (Å²) in [7, 11) is 0. The van der Waals surface area contributed by atoms with Crippen molar-refractivity contribution in [2.75, 3.05) is 41.7 Å². The van der Waals surface area contributed by atoms with E-state index in [4.69, 9.17) is 15.4 Å². The Morgan fingerprint density at radius 3 is 2.53 bits per heavy atom. The Morgan fingerprint density at radius 1 is 1.11 bits per heavy atom.